The molecule has 1 amide bonds. The molecule has 4 heteroatoms. The number of nitrogens with one attached hydrogen (secondary N) is 1. The Hall–Kier alpha value is -1.58. The maximum Gasteiger partial charge on any atom is 0.230 e. The Morgan fingerprint density at radius 1 is 1.56 bits per heavy atom. The summed E-state index contributed by atoms with van der Waals surface area (Å²) in [4.78, 5) is 16.0. The van der Waals surface area contributed by atoms with Crippen LogP contribution < -0.4 is 10.1 Å². The van der Waals surface area contributed by atoms with Gasteiger partial charge in [-0.3, -0.25) is 4.79 Å². The van der Waals surface area contributed by atoms with Crippen molar-refractivity contribution in [1.82, 2.24) is 4.98 Å². The Kier molecular flexibility index (Phi) is 2.81. The van der Waals surface area contributed by atoms with Crippen molar-refractivity contribution in [2.75, 3.05) is 12.4 Å². The molecule has 1 aromatic rings. The summed E-state index contributed by atoms with van der Waals surface area (Å²) in [5.41, 5.74) is 0.616. The Labute approximate surface area is 95.0 Å². The van der Waals surface area contributed by atoms with E-state index in [1.54, 1.807) is 25.4 Å². The van der Waals surface area contributed by atoms with Crippen molar-refractivity contribution in [1.29, 1.82) is 0 Å². The minimum Gasteiger partial charge on any atom is -0.481 e. The van der Waals surface area contributed by atoms with Crippen molar-refractivity contribution in [3.05, 3.63) is 18.3 Å². The lowest BCUT2D eigenvalue weighted by Crippen LogP contribution is -2.23. The summed E-state index contributed by atoms with van der Waals surface area (Å²) in [6.07, 6.45) is 4.52. The first kappa shape index (κ1) is 10.9. The third kappa shape index (κ3) is 2.01. The second-order valence-electron chi connectivity index (χ2n) is 4.18. The van der Waals surface area contributed by atoms with Crippen LogP contribution in [-0.4, -0.2) is 18.0 Å². The molecule has 0 aliphatic heterocycles. The highest BCUT2D eigenvalue weighted by molar-refractivity contribution is 5.96. The van der Waals surface area contributed by atoms with Crippen LogP contribution in [0.5, 0.6) is 5.88 Å². The fourth-order valence-corrected chi connectivity index (χ4v) is 1.73. The fraction of sp³-hybridized carbons (Fsp3) is 0.500. The minimum atomic E-state index is -0.111. The van der Waals surface area contributed by atoms with Gasteiger partial charge >= 0.3 is 0 Å². The van der Waals surface area contributed by atoms with Crippen molar-refractivity contribution >= 4 is 11.6 Å². The van der Waals surface area contributed by atoms with Gasteiger partial charge in [0, 0.05) is 11.5 Å². The van der Waals surface area contributed by atoms with E-state index in [-0.39, 0.29) is 11.3 Å². The molecular weight excluding hydrogens is 204 g/mol. The quantitative estimate of drug-likeness (QED) is 0.846. The van der Waals surface area contributed by atoms with Crippen LogP contribution in [0.3, 0.4) is 0 Å². The molecule has 1 aromatic heterocycles. The summed E-state index contributed by atoms with van der Waals surface area (Å²) < 4.78 is 4.95. The molecule has 0 aromatic carbocycles. The molecule has 0 bridgehead atoms. The summed E-state index contributed by atoms with van der Waals surface area (Å²) in [5.74, 6) is 0.664. The lowest BCUT2D eigenvalue weighted by atomic mass is 10.0. The van der Waals surface area contributed by atoms with Crippen LogP contribution in [0.25, 0.3) is 0 Å². The molecule has 2 rings (SSSR count). The highest BCUT2D eigenvalue weighted by Crippen LogP contribution is 2.49. The standard InChI is InChI=1S/C12H16N2O2/c1-3-12(6-7-12)11(15)14-9-4-5-10(16-2)13-8-9/h4-5,8H,3,6-7H2,1-2H3,(H,14,15). The molecule has 0 spiro atoms. The van der Waals surface area contributed by atoms with Gasteiger partial charge in [0.2, 0.25) is 11.8 Å². The van der Waals surface area contributed by atoms with Crippen LogP contribution in [0, 0.1) is 5.41 Å². The first-order chi connectivity index (χ1) is 7.70. The summed E-state index contributed by atoms with van der Waals surface area (Å²) in [6.45, 7) is 2.05. The van der Waals surface area contributed by atoms with Gasteiger partial charge in [-0.05, 0) is 25.3 Å². The number of ether oxygens (including phenoxy) is 1. The number of aromatic nitrogens is 1. The third-order valence-corrected chi connectivity index (χ3v) is 3.22. The Morgan fingerprint density at radius 2 is 2.31 bits per heavy atom. The molecule has 0 atom stereocenters. The fourth-order valence-electron chi connectivity index (χ4n) is 1.73. The average Bonchev–Trinajstić information content (AvgIpc) is 3.11. The lowest BCUT2D eigenvalue weighted by Gasteiger charge is -2.12. The number of anilines is 1. The van der Waals surface area contributed by atoms with Crippen molar-refractivity contribution in [2.45, 2.75) is 26.2 Å². The van der Waals surface area contributed by atoms with Gasteiger partial charge in [0.25, 0.3) is 0 Å². The number of carbonyl (C=O) groups is 1. The number of hydrogen-bond acceptors (Lipinski definition) is 3. The molecule has 16 heavy (non-hydrogen) atoms. The molecule has 0 unspecified atom stereocenters. The van der Waals surface area contributed by atoms with Crippen LogP contribution in [0.15, 0.2) is 18.3 Å². The number of hydrogen-bond donors (Lipinski definition) is 1. The second-order valence-corrected chi connectivity index (χ2v) is 4.18. The van der Waals surface area contributed by atoms with E-state index in [2.05, 4.69) is 17.2 Å². The normalized spacial score (nSPS) is 16.6. The van der Waals surface area contributed by atoms with Gasteiger partial charge in [0.15, 0.2) is 0 Å². The zero-order valence-electron chi connectivity index (χ0n) is 9.62. The van der Waals surface area contributed by atoms with Crippen molar-refractivity contribution in [3.63, 3.8) is 0 Å². The van der Waals surface area contributed by atoms with Crippen molar-refractivity contribution < 1.29 is 9.53 Å². The van der Waals surface area contributed by atoms with E-state index in [0.29, 0.717) is 5.88 Å². The van der Waals surface area contributed by atoms with Gasteiger partial charge in [-0.1, -0.05) is 6.92 Å². The first-order valence-corrected chi connectivity index (χ1v) is 5.52. The molecule has 86 valence electrons. The maximum absolute atomic E-state index is 11.9. The van der Waals surface area contributed by atoms with E-state index in [0.717, 1.165) is 24.9 Å². The summed E-state index contributed by atoms with van der Waals surface area (Å²) >= 11 is 0. The van der Waals surface area contributed by atoms with Crippen LogP contribution in [0.1, 0.15) is 26.2 Å². The summed E-state index contributed by atoms with van der Waals surface area (Å²) in [6, 6.07) is 3.54. The van der Waals surface area contributed by atoms with Crippen LogP contribution in [0.4, 0.5) is 5.69 Å². The number of amides is 1. The van der Waals surface area contributed by atoms with Crippen molar-refractivity contribution in [3.8, 4) is 5.88 Å². The van der Waals surface area contributed by atoms with Gasteiger partial charge in [0.05, 0.1) is 19.0 Å². The topological polar surface area (TPSA) is 51.2 Å². The zero-order chi connectivity index (χ0) is 11.6. The van der Waals surface area contributed by atoms with Crippen LogP contribution in [-0.2, 0) is 4.79 Å². The predicted molar refractivity (Wildman–Crippen MR) is 61.4 cm³/mol. The average molecular weight is 220 g/mol. The molecule has 1 heterocycles. The maximum atomic E-state index is 11.9. The van der Waals surface area contributed by atoms with Gasteiger partial charge in [-0.2, -0.15) is 0 Å². The summed E-state index contributed by atoms with van der Waals surface area (Å²) in [7, 11) is 1.57. The monoisotopic (exact) mass is 220 g/mol. The van der Waals surface area contributed by atoms with E-state index >= 15 is 0 Å². The number of pyridine rings is 1. The molecule has 0 saturated heterocycles. The number of carbonyl (C=O) groups excluding carboxylic acids is 1. The van der Waals surface area contributed by atoms with E-state index in [1.165, 1.54) is 0 Å². The van der Waals surface area contributed by atoms with Gasteiger partial charge in [0.1, 0.15) is 0 Å². The van der Waals surface area contributed by atoms with E-state index in [9.17, 15) is 4.79 Å². The molecule has 4 nitrogen and oxygen atoms in total. The SMILES string of the molecule is CCC1(C(=O)Nc2ccc(OC)nc2)CC1. The second kappa shape index (κ2) is 4.12. The highest BCUT2D eigenvalue weighted by Gasteiger charge is 2.47. The number of methoxy groups -OCH3 is 1. The van der Waals surface area contributed by atoms with E-state index < -0.39 is 0 Å². The van der Waals surface area contributed by atoms with E-state index in [1.807, 2.05) is 0 Å². The largest absolute Gasteiger partial charge is 0.481 e. The molecule has 0 radical (unpaired) electrons. The van der Waals surface area contributed by atoms with Crippen LogP contribution >= 0.6 is 0 Å². The van der Waals surface area contributed by atoms with Gasteiger partial charge in [-0.25, -0.2) is 4.98 Å². The van der Waals surface area contributed by atoms with E-state index in [4.69, 9.17) is 4.74 Å². The number of nitrogens with zero attached hydrogens (tertiary/aromatic N) is 1. The van der Waals surface area contributed by atoms with Gasteiger partial charge in [-0.15, -0.1) is 0 Å². The predicted octanol–water partition coefficient (Wildman–Crippen LogP) is 2.22. The minimum absolute atomic E-state index is 0.111. The molecule has 1 aliphatic carbocycles. The molecular formula is C12H16N2O2. The third-order valence-electron chi connectivity index (χ3n) is 3.22. The zero-order valence-corrected chi connectivity index (χ0v) is 9.62. The smallest absolute Gasteiger partial charge is 0.230 e. The Balaban J connectivity index is 2.01. The Bertz CT molecular complexity index is 383. The van der Waals surface area contributed by atoms with Gasteiger partial charge < -0.3 is 10.1 Å². The lowest BCUT2D eigenvalue weighted by molar-refractivity contribution is -0.121. The first-order valence-electron chi connectivity index (χ1n) is 5.52. The summed E-state index contributed by atoms with van der Waals surface area (Å²) in [5, 5.41) is 2.89. The van der Waals surface area contributed by atoms with Crippen molar-refractivity contribution in [2.24, 2.45) is 5.41 Å². The molecule has 1 saturated carbocycles. The molecule has 1 N–H and O–H groups in total. The highest BCUT2D eigenvalue weighted by atomic mass is 16.5. The molecule has 1 fully saturated rings. The Morgan fingerprint density at radius 3 is 2.75 bits per heavy atom. The molecule has 1 aliphatic rings. The number of rotatable bonds is 4. The van der Waals surface area contributed by atoms with Crippen LogP contribution in [0.2, 0.25) is 0 Å².